The topological polar surface area (TPSA) is 139 Å². The van der Waals surface area contributed by atoms with E-state index in [0.717, 1.165) is 16.7 Å². The van der Waals surface area contributed by atoms with Gasteiger partial charge in [0, 0.05) is 23.5 Å². The van der Waals surface area contributed by atoms with Crippen molar-refractivity contribution in [1.82, 2.24) is 15.0 Å². The van der Waals surface area contributed by atoms with Gasteiger partial charge in [-0.25, -0.2) is 9.78 Å². The first kappa shape index (κ1) is 30.7. The minimum absolute atomic E-state index is 0.183. The van der Waals surface area contributed by atoms with Gasteiger partial charge in [0.1, 0.15) is 13.2 Å². The maximum atomic E-state index is 12.4. The van der Waals surface area contributed by atoms with Crippen molar-refractivity contribution in [2.75, 3.05) is 11.9 Å². The lowest BCUT2D eigenvalue weighted by Gasteiger charge is -2.16. The fourth-order valence-corrected chi connectivity index (χ4v) is 4.94. The molecule has 47 heavy (non-hydrogen) atoms. The van der Waals surface area contributed by atoms with Gasteiger partial charge in [0.25, 0.3) is 5.91 Å². The molecule has 0 radical (unpaired) electrons. The van der Waals surface area contributed by atoms with Crippen LogP contribution in [0.3, 0.4) is 0 Å². The van der Waals surface area contributed by atoms with E-state index in [9.17, 15) is 9.59 Å². The quantitative estimate of drug-likeness (QED) is 0.140. The molecule has 0 bridgehead atoms. The number of benzene rings is 4. The van der Waals surface area contributed by atoms with E-state index in [2.05, 4.69) is 20.3 Å². The zero-order chi connectivity index (χ0) is 32.6. The van der Waals surface area contributed by atoms with Gasteiger partial charge >= 0.3 is 12.0 Å². The lowest BCUT2D eigenvalue weighted by atomic mass is 10.0. The molecule has 3 N–H and O–H groups in total. The molecule has 0 aliphatic rings. The largest absolute Gasteiger partial charge is 0.472 e. The van der Waals surface area contributed by atoms with Crippen LogP contribution in [-0.4, -0.2) is 33.4 Å². The highest BCUT2D eigenvalue weighted by atomic mass is 16.5. The molecule has 234 valence electrons. The second-order valence-electron chi connectivity index (χ2n) is 10.5. The maximum absolute atomic E-state index is 12.4. The summed E-state index contributed by atoms with van der Waals surface area (Å²) in [5, 5.41) is 3.90. The third-order valence-electron chi connectivity index (χ3n) is 7.25. The summed E-state index contributed by atoms with van der Waals surface area (Å²) in [7, 11) is 0. The molecule has 0 atom stereocenters. The van der Waals surface area contributed by atoms with Crippen molar-refractivity contribution in [1.29, 1.82) is 0 Å². The molecular formula is C37H31N5O5. The molecule has 2 aromatic heterocycles. The van der Waals surface area contributed by atoms with E-state index in [-0.39, 0.29) is 24.8 Å². The van der Waals surface area contributed by atoms with Gasteiger partial charge in [-0.05, 0) is 47.9 Å². The summed E-state index contributed by atoms with van der Waals surface area (Å²) in [5.74, 6) is -0.753. The molecule has 2 heterocycles. The van der Waals surface area contributed by atoms with E-state index in [1.165, 1.54) is 6.20 Å². The first-order valence-electron chi connectivity index (χ1n) is 15.0. The Kier molecular flexibility index (Phi) is 9.29. The number of hydrogen-bond donors (Lipinski definition) is 2. The SMILES string of the molecule is CCOC(=O)c1cccc(Nc2c(C(N)=O)cnc3cc(-c4cnc(OCc5ccccc5)nc4OCc4ccccc4)ccc23)c1. The number of aromatic nitrogens is 3. The van der Waals surface area contributed by atoms with E-state index in [1.54, 1.807) is 37.4 Å². The van der Waals surface area contributed by atoms with Crippen LogP contribution in [0, 0.1) is 0 Å². The number of carbonyl (C=O) groups is 2. The number of hydrogen-bond acceptors (Lipinski definition) is 9. The number of rotatable bonds is 12. The molecule has 0 unspecified atom stereocenters. The summed E-state index contributed by atoms with van der Waals surface area (Å²) in [6.07, 6.45) is 3.09. The summed E-state index contributed by atoms with van der Waals surface area (Å²) in [6, 6.07) is 32.1. The number of carbonyl (C=O) groups excluding carboxylic acids is 2. The fourth-order valence-electron chi connectivity index (χ4n) is 4.94. The predicted octanol–water partition coefficient (Wildman–Crippen LogP) is 6.87. The van der Waals surface area contributed by atoms with Gasteiger partial charge < -0.3 is 25.3 Å². The van der Waals surface area contributed by atoms with E-state index in [0.29, 0.717) is 45.9 Å². The van der Waals surface area contributed by atoms with Gasteiger partial charge in [0.2, 0.25) is 5.88 Å². The van der Waals surface area contributed by atoms with Crippen LogP contribution in [0.1, 0.15) is 38.8 Å². The maximum Gasteiger partial charge on any atom is 0.338 e. The van der Waals surface area contributed by atoms with Gasteiger partial charge in [0.05, 0.1) is 34.5 Å². The molecule has 6 aromatic rings. The zero-order valence-electron chi connectivity index (χ0n) is 25.6. The van der Waals surface area contributed by atoms with Gasteiger partial charge in [0.15, 0.2) is 0 Å². The lowest BCUT2D eigenvalue weighted by Crippen LogP contribution is -2.14. The van der Waals surface area contributed by atoms with Gasteiger partial charge in [-0.3, -0.25) is 9.78 Å². The molecule has 0 fully saturated rings. The zero-order valence-corrected chi connectivity index (χ0v) is 25.6. The number of anilines is 2. The second-order valence-corrected chi connectivity index (χ2v) is 10.5. The molecule has 6 rings (SSSR count). The standard InChI is InChI=1S/C37H31N5O5/c1-2-45-36(44)27-14-9-15-28(18-27)41-33-29-17-16-26(19-32(29)39-21-31(33)34(38)43)30-20-40-37(47-23-25-12-7-4-8-13-25)42-35(30)46-22-24-10-5-3-6-11-24/h3-21H,2,22-23H2,1H3,(H2,38,43)(H,39,41). The number of nitrogens with one attached hydrogen (secondary N) is 1. The third-order valence-corrected chi connectivity index (χ3v) is 7.25. The fraction of sp³-hybridized carbons (Fsp3) is 0.108. The Hall–Kier alpha value is -6.29. The molecule has 10 nitrogen and oxygen atoms in total. The van der Waals surface area contributed by atoms with Crippen LogP contribution in [0.15, 0.2) is 116 Å². The Bertz CT molecular complexity index is 2040. The van der Waals surface area contributed by atoms with Crippen molar-refractivity contribution in [3.63, 3.8) is 0 Å². The molecular weight excluding hydrogens is 594 g/mol. The predicted molar refractivity (Wildman–Crippen MR) is 179 cm³/mol. The average Bonchev–Trinajstić information content (AvgIpc) is 3.11. The van der Waals surface area contributed by atoms with Crippen molar-refractivity contribution >= 4 is 34.2 Å². The smallest absolute Gasteiger partial charge is 0.338 e. The highest BCUT2D eigenvalue weighted by Crippen LogP contribution is 2.35. The monoisotopic (exact) mass is 625 g/mol. The Morgan fingerprint density at radius 3 is 2.21 bits per heavy atom. The summed E-state index contributed by atoms with van der Waals surface area (Å²) >= 11 is 0. The minimum Gasteiger partial charge on any atom is -0.472 e. The third kappa shape index (κ3) is 7.34. The number of nitrogens with zero attached hydrogens (tertiary/aromatic N) is 3. The Balaban J connectivity index is 1.35. The number of pyridine rings is 1. The second kappa shape index (κ2) is 14.2. The minimum atomic E-state index is -0.649. The Morgan fingerprint density at radius 2 is 1.51 bits per heavy atom. The van der Waals surface area contributed by atoms with Crippen LogP contribution in [0.4, 0.5) is 11.4 Å². The molecule has 0 aliphatic heterocycles. The van der Waals surface area contributed by atoms with Crippen molar-refractivity contribution < 1.29 is 23.8 Å². The van der Waals surface area contributed by atoms with E-state index < -0.39 is 11.9 Å². The van der Waals surface area contributed by atoms with Crippen LogP contribution < -0.4 is 20.5 Å². The van der Waals surface area contributed by atoms with Crippen LogP contribution in [0.2, 0.25) is 0 Å². The molecule has 0 aliphatic carbocycles. The normalized spacial score (nSPS) is 10.7. The molecule has 0 saturated carbocycles. The molecule has 10 heteroatoms. The summed E-state index contributed by atoms with van der Waals surface area (Å²) in [4.78, 5) is 38.4. The number of fused-ring (bicyclic) bond motifs is 1. The highest BCUT2D eigenvalue weighted by molar-refractivity contribution is 6.08. The van der Waals surface area contributed by atoms with E-state index in [4.69, 9.17) is 19.9 Å². The van der Waals surface area contributed by atoms with Gasteiger partial charge in [-0.1, -0.05) is 78.9 Å². The number of amides is 1. The summed E-state index contributed by atoms with van der Waals surface area (Å²) in [6.45, 7) is 2.59. The average molecular weight is 626 g/mol. The van der Waals surface area contributed by atoms with Crippen LogP contribution in [0.25, 0.3) is 22.0 Å². The number of nitrogens with two attached hydrogens (primary N) is 1. The van der Waals surface area contributed by atoms with E-state index in [1.807, 2.05) is 78.9 Å². The summed E-state index contributed by atoms with van der Waals surface area (Å²) in [5.41, 5.74) is 11.3. The van der Waals surface area contributed by atoms with Crippen molar-refractivity contribution in [3.05, 3.63) is 138 Å². The number of esters is 1. The van der Waals surface area contributed by atoms with Gasteiger partial charge in [-0.15, -0.1) is 0 Å². The van der Waals surface area contributed by atoms with Crippen LogP contribution >= 0.6 is 0 Å². The van der Waals surface area contributed by atoms with E-state index >= 15 is 0 Å². The number of ether oxygens (including phenoxy) is 3. The van der Waals surface area contributed by atoms with Crippen molar-refractivity contribution in [2.45, 2.75) is 20.1 Å². The summed E-state index contributed by atoms with van der Waals surface area (Å²) < 4.78 is 17.3. The molecule has 0 saturated heterocycles. The van der Waals surface area contributed by atoms with Crippen molar-refractivity contribution in [3.8, 4) is 23.0 Å². The Morgan fingerprint density at radius 1 is 0.787 bits per heavy atom. The van der Waals surface area contributed by atoms with Gasteiger partial charge in [-0.2, -0.15) is 4.98 Å². The molecule has 1 amide bonds. The molecule has 0 spiro atoms. The molecule has 4 aromatic carbocycles. The first-order chi connectivity index (χ1) is 23.0. The van der Waals surface area contributed by atoms with Crippen LogP contribution in [-0.2, 0) is 18.0 Å². The first-order valence-corrected chi connectivity index (χ1v) is 15.0. The Labute approximate surface area is 271 Å². The highest BCUT2D eigenvalue weighted by Gasteiger charge is 2.18. The lowest BCUT2D eigenvalue weighted by molar-refractivity contribution is 0.0526. The number of primary amides is 1. The van der Waals surface area contributed by atoms with Crippen LogP contribution in [0.5, 0.6) is 11.9 Å². The van der Waals surface area contributed by atoms with Crippen molar-refractivity contribution in [2.24, 2.45) is 5.73 Å².